The highest BCUT2D eigenvalue weighted by Gasteiger charge is 2.21. The molecular weight excluding hydrogens is 332 g/mol. The minimum absolute atomic E-state index is 0.451. The van der Waals surface area contributed by atoms with Crippen LogP contribution in [0.15, 0.2) is 36.4 Å². The van der Waals surface area contributed by atoms with Gasteiger partial charge in [-0.25, -0.2) is 4.98 Å². The van der Waals surface area contributed by atoms with Crippen LogP contribution in [-0.4, -0.2) is 15.1 Å². The fraction of sp³-hybridized carbons (Fsp3) is 0.211. The first-order valence-corrected chi connectivity index (χ1v) is 8.58. The van der Waals surface area contributed by atoms with Gasteiger partial charge in [-0.2, -0.15) is 5.26 Å². The lowest BCUT2D eigenvalue weighted by Crippen LogP contribution is -2.18. The first kappa shape index (κ1) is 17.1. The average Bonchev–Trinajstić information content (AvgIpc) is 2.95. The van der Waals surface area contributed by atoms with E-state index in [9.17, 15) is 5.11 Å². The monoisotopic (exact) mass is 350 g/mol. The van der Waals surface area contributed by atoms with E-state index in [0.29, 0.717) is 16.4 Å². The van der Waals surface area contributed by atoms with E-state index in [2.05, 4.69) is 16.0 Å². The van der Waals surface area contributed by atoms with Gasteiger partial charge in [0.15, 0.2) is 5.13 Å². The third-order valence-corrected chi connectivity index (χ3v) is 4.68. The first-order valence-electron chi connectivity index (χ1n) is 7.76. The Labute approximate surface area is 150 Å². The number of aliphatic hydroxyl groups is 1. The summed E-state index contributed by atoms with van der Waals surface area (Å²) in [6, 6.07) is 13.2. The van der Waals surface area contributed by atoms with Gasteiger partial charge in [-0.1, -0.05) is 23.5 Å². The van der Waals surface area contributed by atoms with E-state index in [1.165, 1.54) is 11.3 Å². The Kier molecular flexibility index (Phi) is 4.29. The van der Waals surface area contributed by atoms with Crippen LogP contribution in [-0.2, 0) is 5.60 Å². The SMILES string of the molecule is Cc1cc(-c2sc(N)nc2-c2cccc(C#N)c2)cc(C(C)(C)O)n1. The molecule has 0 fully saturated rings. The molecule has 3 rings (SSSR count). The lowest BCUT2D eigenvalue weighted by Gasteiger charge is -2.18. The van der Waals surface area contributed by atoms with Crippen molar-refractivity contribution in [2.24, 2.45) is 0 Å². The highest BCUT2D eigenvalue weighted by atomic mass is 32.1. The van der Waals surface area contributed by atoms with Gasteiger partial charge in [-0.15, -0.1) is 0 Å². The molecule has 3 N–H and O–H groups in total. The van der Waals surface area contributed by atoms with E-state index in [1.807, 2.05) is 31.2 Å². The van der Waals surface area contributed by atoms with Crippen molar-refractivity contribution in [2.45, 2.75) is 26.4 Å². The molecule has 0 radical (unpaired) electrons. The summed E-state index contributed by atoms with van der Waals surface area (Å²) in [5, 5.41) is 19.9. The Morgan fingerprint density at radius 1 is 1.16 bits per heavy atom. The largest absolute Gasteiger partial charge is 0.384 e. The molecule has 126 valence electrons. The van der Waals surface area contributed by atoms with E-state index in [4.69, 9.17) is 11.0 Å². The number of aryl methyl sites for hydroxylation is 1. The number of pyridine rings is 1. The highest BCUT2D eigenvalue weighted by Crippen LogP contribution is 2.39. The summed E-state index contributed by atoms with van der Waals surface area (Å²) in [6.07, 6.45) is 0. The Balaban J connectivity index is 2.20. The van der Waals surface area contributed by atoms with Gasteiger partial charge in [0.2, 0.25) is 0 Å². The van der Waals surface area contributed by atoms with Crippen molar-refractivity contribution < 1.29 is 5.11 Å². The maximum atomic E-state index is 10.3. The lowest BCUT2D eigenvalue weighted by molar-refractivity contribution is 0.0737. The molecule has 0 aliphatic heterocycles. The second-order valence-electron chi connectivity index (χ2n) is 6.36. The van der Waals surface area contributed by atoms with Crippen LogP contribution >= 0.6 is 11.3 Å². The zero-order chi connectivity index (χ0) is 18.2. The zero-order valence-electron chi connectivity index (χ0n) is 14.2. The van der Waals surface area contributed by atoms with Crippen molar-refractivity contribution in [2.75, 3.05) is 5.73 Å². The molecule has 6 heteroatoms. The third kappa shape index (κ3) is 3.53. The lowest BCUT2D eigenvalue weighted by atomic mass is 9.99. The number of nitrogens with zero attached hydrogens (tertiary/aromatic N) is 3. The number of nitrogen functional groups attached to an aromatic ring is 1. The summed E-state index contributed by atoms with van der Waals surface area (Å²) >= 11 is 1.38. The van der Waals surface area contributed by atoms with Crippen LogP contribution < -0.4 is 5.73 Å². The Bertz CT molecular complexity index is 980. The van der Waals surface area contributed by atoms with Gasteiger partial charge in [-0.05, 0) is 50.6 Å². The standard InChI is InChI=1S/C19H18N4OS/c1-11-7-14(9-15(22-11)19(2,3)24)17-16(23-18(21)25-17)13-6-4-5-12(8-13)10-20/h4-9,24H,1-3H3,(H2,21,23). The second-order valence-corrected chi connectivity index (χ2v) is 7.39. The smallest absolute Gasteiger partial charge is 0.181 e. The fourth-order valence-electron chi connectivity index (χ4n) is 2.58. The molecule has 2 aromatic heterocycles. The molecular formula is C19H18N4OS. The molecule has 0 bridgehead atoms. The molecule has 25 heavy (non-hydrogen) atoms. The normalized spacial score (nSPS) is 11.3. The molecule has 0 aliphatic carbocycles. The fourth-order valence-corrected chi connectivity index (χ4v) is 3.42. The van der Waals surface area contributed by atoms with Gasteiger partial charge in [0.25, 0.3) is 0 Å². The first-order chi connectivity index (χ1) is 11.8. The van der Waals surface area contributed by atoms with Crippen molar-refractivity contribution in [3.05, 3.63) is 53.3 Å². The van der Waals surface area contributed by atoms with Gasteiger partial charge in [0.05, 0.1) is 27.9 Å². The van der Waals surface area contributed by atoms with Crippen molar-refractivity contribution in [1.82, 2.24) is 9.97 Å². The summed E-state index contributed by atoms with van der Waals surface area (Å²) in [5.41, 5.74) is 9.34. The van der Waals surface area contributed by atoms with Crippen LogP contribution in [0.5, 0.6) is 0 Å². The van der Waals surface area contributed by atoms with Gasteiger partial charge in [0.1, 0.15) is 5.60 Å². The minimum Gasteiger partial charge on any atom is -0.384 e. The summed E-state index contributed by atoms with van der Waals surface area (Å²) in [4.78, 5) is 9.78. The maximum Gasteiger partial charge on any atom is 0.181 e. The second kappa shape index (κ2) is 6.28. The number of hydrogen-bond acceptors (Lipinski definition) is 6. The predicted molar refractivity (Wildman–Crippen MR) is 99.9 cm³/mol. The number of hydrogen-bond donors (Lipinski definition) is 2. The summed E-state index contributed by atoms with van der Waals surface area (Å²) in [6.45, 7) is 5.30. The van der Waals surface area contributed by atoms with Crippen LogP contribution in [0, 0.1) is 18.3 Å². The van der Waals surface area contributed by atoms with Crippen molar-refractivity contribution in [3.63, 3.8) is 0 Å². The van der Waals surface area contributed by atoms with Gasteiger partial charge in [0, 0.05) is 11.3 Å². The molecule has 0 amide bonds. The molecule has 0 saturated heterocycles. The molecule has 5 nitrogen and oxygen atoms in total. The minimum atomic E-state index is -1.04. The van der Waals surface area contributed by atoms with E-state index in [-0.39, 0.29) is 0 Å². The Morgan fingerprint density at radius 3 is 2.60 bits per heavy atom. The average molecular weight is 350 g/mol. The molecule has 0 aliphatic rings. The van der Waals surface area contributed by atoms with Crippen molar-refractivity contribution >= 4 is 16.5 Å². The van der Waals surface area contributed by atoms with Gasteiger partial charge in [-0.3, -0.25) is 4.98 Å². The number of rotatable bonds is 3. The molecule has 2 heterocycles. The molecule has 0 spiro atoms. The molecule has 0 saturated carbocycles. The van der Waals surface area contributed by atoms with E-state index < -0.39 is 5.60 Å². The van der Waals surface area contributed by atoms with Gasteiger partial charge < -0.3 is 10.8 Å². The van der Waals surface area contributed by atoms with Crippen molar-refractivity contribution in [3.8, 4) is 27.8 Å². The van der Waals surface area contributed by atoms with E-state index >= 15 is 0 Å². The molecule has 0 unspecified atom stereocenters. The summed E-state index contributed by atoms with van der Waals surface area (Å²) in [5.74, 6) is 0. The van der Waals surface area contributed by atoms with Crippen LogP contribution in [0.1, 0.15) is 30.8 Å². The number of anilines is 1. The Morgan fingerprint density at radius 2 is 1.92 bits per heavy atom. The topological polar surface area (TPSA) is 95.8 Å². The molecule has 0 atom stereocenters. The number of benzene rings is 1. The van der Waals surface area contributed by atoms with Gasteiger partial charge >= 0.3 is 0 Å². The van der Waals surface area contributed by atoms with Crippen LogP contribution in [0.2, 0.25) is 0 Å². The number of nitrogens with two attached hydrogens (primary N) is 1. The quantitative estimate of drug-likeness (QED) is 0.748. The number of nitriles is 1. The van der Waals surface area contributed by atoms with Crippen molar-refractivity contribution in [1.29, 1.82) is 5.26 Å². The number of aromatic nitrogens is 2. The predicted octanol–water partition coefficient (Wildman–Crippen LogP) is 3.86. The van der Waals surface area contributed by atoms with Crippen LogP contribution in [0.3, 0.4) is 0 Å². The van der Waals surface area contributed by atoms with Crippen LogP contribution in [0.4, 0.5) is 5.13 Å². The summed E-state index contributed by atoms with van der Waals surface area (Å²) in [7, 11) is 0. The molecule has 1 aromatic carbocycles. The number of thiazole rings is 1. The third-order valence-electron chi connectivity index (χ3n) is 3.75. The zero-order valence-corrected chi connectivity index (χ0v) is 15.1. The maximum absolute atomic E-state index is 10.3. The Hall–Kier alpha value is -2.75. The van der Waals surface area contributed by atoms with Crippen LogP contribution in [0.25, 0.3) is 21.7 Å². The van der Waals surface area contributed by atoms with E-state index in [0.717, 1.165) is 27.4 Å². The highest BCUT2D eigenvalue weighted by molar-refractivity contribution is 7.19. The summed E-state index contributed by atoms with van der Waals surface area (Å²) < 4.78 is 0. The van der Waals surface area contributed by atoms with E-state index in [1.54, 1.807) is 26.0 Å². The molecule has 3 aromatic rings.